The molecule has 1 aromatic heterocycles. The van der Waals surface area contributed by atoms with Gasteiger partial charge in [-0.25, -0.2) is 9.59 Å². The summed E-state index contributed by atoms with van der Waals surface area (Å²) in [5, 5.41) is 7.56. The van der Waals surface area contributed by atoms with Crippen molar-refractivity contribution in [2.75, 3.05) is 20.3 Å². The van der Waals surface area contributed by atoms with Crippen LogP contribution in [0.2, 0.25) is 0 Å². The predicted octanol–water partition coefficient (Wildman–Crippen LogP) is 1.24. The van der Waals surface area contributed by atoms with E-state index >= 15 is 0 Å². The molecule has 0 aliphatic rings. The summed E-state index contributed by atoms with van der Waals surface area (Å²) in [6.45, 7) is 1.64. The number of nitrogens with zero attached hydrogens (tertiary/aromatic N) is 2. The van der Waals surface area contributed by atoms with Gasteiger partial charge >= 0.3 is 18.2 Å². The van der Waals surface area contributed by atoms with Crippen molar-refractivity contribution >= 4 is 18.0 Å². The van der Waals surface area contributed by atoms with Gasteiger partial charge in [-0.15, -0.1) is 0 Å². The summed E-state index contributed by atoms with van der Waals surface area (Å²) in [6, 6.07) is -1.41. The van der Waals surface area contributed by atoms with Crippen LogP contribution in [-0.4, -0.2) is 54.1 Å². The summed E-state index contributed by atoms with van der Waals surface area (Å²) < 4.78 is 49.0. The van der Waals surface area contributed by atoms with E-state index in [1.807, 2.05) is 6.92 Å². The van der Waals surface area contributed by atoms with Gasteiger partial charge in [0.2, 0.25) is 0 Å². The van der Waals surface area contributed by atoms with E-state index in [1.54, 1.807) is 0 Å². The number of aryl methyl sites for hydroxylation is 1. The van der Waals surface area contributed by atoms with Crippen LogP contribution in [0.25, 0.3) is 0 Å². The topological polar surface area (TPSA) is 112 Å². The first-order valence-electron chi connectivity index (χ1n) is 8.00. The van der Waals surface area contributed by atoms with E-state index in [1.165, 1.54) is 7.05 Å². The van der Waals surface area contributed by atoms with Crippen LogP contribution in [0.1, 0.15) is 35.8 Å². The van der Waals surface area contributed by atoms with E-state index in [-0.39, 0.29) is 6.61 Å². The maximum Gasteiger partial charge on any atom is 0.435 e. The lowest BCUT2D eigenvalue weighted by atomic mass is 10.2. The fourth-order valence-electron chi connectivity index (χ4n) is 1.98. The number of aromatic nitrogens is 2. The van der Waals surface area contributed by atoms with Crippen LogP contribution in [0.15, 0.2) is 6.20 Å². The quantitative estimate of drug-likeness (QED) is 0.507. The van der Waals surface area contributed by atoms with Crippen LogP contribution in [0.5, 0.6) is 0 Å². The number of hydrogen-bond acceptors (Lipinski definition) is 6. The minimum Gasteiger partial charge on any atom is -0.467 e. The average Bonchev–Trinajstić information content (AvgIpc) is 3.00. The molecule has 1 aromatic rings. The van der Waals surface area contributed by atoms with Gasteiger partial charge in [0.25, 0.3) is 5.91 Å². The number of nitrogens with one attached hydrogen (secondary N) is 2. The first kappa shape index (κ1) is 22.3. The van der Waals surface area contributed by atoms with Crippen LogP contribution in [0.3, 0.4) is 0 Å². The molecular weight excluding hydrogens is 373 g/mol. The number of ether oxygens (including phenoxy) is 2. The fourth-order valence-corrected chi connectivity index (χ4v) is 1.98. The largest absolute Gasteiger partial charge is 0.467 e. The Labute approximate surface area is 153 Å². The number of carbonyl (C=O) groups excluding carboxylic acids is 3. The fraction of sp³-hybridized carbons (Fsp3) is 0.600. The molecule has 0 aromatic carbocycles. The highest BCUT2D eigenvalue weighted by molar-refractivity contribution is 5.97. The number of esters is 1. The molecule has 12 heteroatoms. The number of unbranched alkanes of at least 4 members (excludes halogenated alkanes) is 1. The number of rotatable bonds is 8. The van der Waals surface area contributed by atoms with Crippen molar-refractivity contribution in [3.05, 3.63) is 17.5 Å². The average molecular weight is 394 g/mol. The van der Waals surface area contributed by atoms with Gasteiger partial charge in [-0.2, -0.15) is 18.3 Å². The number of alkyl halides is 3. The maximum atomic E-state index is 13.0. The van der Waals surface area contributed by atoms with E-state index < -0.39 is 48.0 Å². The third-order valence-corrected chi connectivity index (χ3v) is 3.31. The van der Waals surface area contributed by atoms with Crippen molar-refractivity contribution in [1.82, 2.24) is 20.4 Å². The van der Waals surface area contributed by atoms with Gasteiger partial charge in [-0.05, 0) is 6.42 Å². The normalized spacial score (nSPS) is 12.2. The second-order valence-corrected chi connectivity index (χ2v) is 5.48. The second kappa shape index (κ2) is 9.78. The Kier molecular flexibility index (Phi) is 8.06. The van der Waals surface area contributed by atoms with E-state index in [9.17, 15) is 27.6 Å². The van der Waals surface area contributed by atoms with Gasteiger partial charge in [0.1, 0.15) is 6.04 Å². The zero-order chi connectivity index (χ0) is 20.6. The molecule has 0 bridgehead atoms. The van der Waals surface area contributed by atoms with Crippen molar-refractivity contribution in [2.24, 2.45) is 7.05 Å². The SMILES string of the molecule is CCCCOC(=O)NC[C@H](NC(=O)c1cn(C)nc1C(F)(F)F)C(=O)OC. The molecule has 2 N–H and O–H groups in total. The Morgan fingerprint density at radius 3 is 2.56 bits per heavy atom. The molecule has 1 atom stereocenters. The predicted molar refractivity (Wildman–Crippen MR) is 85.7 cm³/mol. The van der Waals surface area contributed by atoms with E-state index in [4.69, 9.17) is 4.74 Å². The first-order valence-corrected chi connectivity index (χ1v) is 8.00. The molecule has 0 fully saturated rings. The molecule has 2 amide bonds. The molecule has 1 heterocycles. The standard InChI is InChI=1S/C15H21F3N4O5/c1-4-5-6-27-14(25)19-7-10(13(24)26-3)20-12(23)9-8-22(2)21-11(9)15(16,17)18/h8,10H,4-7H2,1-3H3,(H,19,25)(H,20,23)/t10-/m0/s1. The first-order chi connectivity index (χ1) is 12.6. The van der Waals surface area contributed by atoms with Crippen molar-refractivity contribution in [3.63, 3.8) is 0 Å². The Hall–Kier alpha value is -2.79. The zero-order valence-corrected chi connectivity index (χ0v) is 15.1. The lowest BCUT2D eigenvalue weighted by Gasteiger charge is -2.17. The van der Waals surface area contributed by atoms with Crippen LogP contribution >= 0.6 is 0 Å². The Morgan fingerprint density at radius 2 is 2.00 bits per heavy atom. The smallest absolute Gasteiger partial charge is 0.435 e. The lowest BCUT2D eigenvalue weighted by Crippen LogP contribution is -2.49. The molecule has 0 spiro atoms. The molecular formula is C15H21F3N4O5. The van der Waals surface area contributed by atoms with Gasteiger partial charge in [-0.3, -0.25) is 9.48 Å². The second-order valence-electron chi connectivity index (χ2n) is 5.48. The van der Waals surface area contributed by atoms with Crippen molar-refractivity contribution in [3.8, 4) is 0 Å². The van der Waals surface area contributed by atoms with Crippen LogP contribution in [0, 0.1) is 0 Å². The minimum absolute atomic E-state index is 0.169. The summed E-state index contributed by atoms with van der Waals surface area (Å²) in [6.07, 6.45) is -3.36. The Bertz CT molecular complexity index is 675. The molecule has 0 aliphatic carbocycles. The third kappa shape index (κ3) is 6.79. The summed E-state index contributed by atoms with van der Waals surface area (Å²) >= 11 is 0. The van der Waals surface area contributed by atoms with Gasteiger partial charge in [0, 0.05) is 13.2 Å². The van der Waals surface area contributed by atoms with Gasteiger partial charge in [0.15, 0.2) is 5.69 Å². The third-order valence-electron chi connectivity index (χ3n) is 3.31. The molecule has 0 saturated heterocycles. The number of alkyl carbamates (subject to hydrolysis) is 1. The monoisotopic (exact) mass is 394 g/mol. The molecule has 27 heavy (non-hydrogen) atoms. The summed E-state index contributed by atoms with van der Waals surface area (Å²) in [5.74, 6) is -2.14. The molecule has 9 nitrogen and oxygen atoms in total. The number of halogens is 3. The van der Waals surface area contributed by atoms with E-state index in [2.05, 4.69) is 20.5 Å². The number of amides is 2. The van der Waals surface area contributed by atoms with Gasteiger partial charge in [0.05, 0.1) is 25.8 Å². The highest BCUT2D eigenvalue weighted by Crippen LogP contribution is 2.30. The summed E-state index contributed by atoms with van der Waals surface area (Å²) in [7, 11) is 2.25. The minimum atomic E-state index is -4.85. The van der Waals surface area contributed by atoms with Crippen LogP contribution in [-0.2, 0) is 27.5 Å². The van der Waals surface area contributed by atoms with Crippen molar-refractivity contribution in [2.45, 2.75) is 32.0 Å². The summed E-state index contributed by atoms with van der Waals surface area (Å²) in [5.41, 5.74) is -2.15. The molecule has 1 rings (SSSR count). The van der Waals surface area contributed by atoms with Gasteiger partial charge in [-0.1, -0.05) is 13.3 Å². The Morgan fingerprint density at radius 1 is 1.33 bits per heavy atom. The van der Waals surface area contributed by atoms with Gasteiger partial charge < -0.3 is 20.1 Å². The number of carbonyl (C=O) groups is 3. The molecule has 0 radical (unpaired) electrons. The number of methoxy groups -OCH3 is 1. The molecule has 152 valence electrons. The van der Waals surface area contributed by atoms with Crippen LogP contribution < -0.4 is 10.6 Å². The van der Waals surface area contributed by atoms with Crippen molar-refractivity contribution in [1.29, 1.82) is 0 Å². The highest BCUT2D eigenvalue weighted by atomic mass is 19.4. The van der Waals surface area contributed by atoms with E-state index in [0.717, 1.165) is 24.4 Å². The van der Waals surface area contributed by atoms with Crippen molar-refractivity contribution < 1.29 is 37.0 Å². The zero-order valence-electron chi connectivity index (χ0n) is 15.1. The van der Waals surface area contributed by atoms with Crippen LogP contribution in [0.4, 0.5) is 18.0 Å². The molecule has 0 unspecified atom stereocenters. The summed E-state index contributed by atoms with van der Waals surface area (Å²) in [4.78, 5) is 35.5. The molecule has 0 saturated carbocycles. The number of hydrogen-bond donors (Lipinski definition) is 2. The highest BCUT2D eigenvalue weighted by Gasteiger charge is 2.39. The Balaban J connectivity index is 2.81. The van der Waals surface area contributed by atoms with E-state index in [0.29, 0.717) is 6.42 Å². The lowest BCUT2D eigenvalue weighted by molar-refractivity contribution is -0.142. The molecule has 0 aliphatic heterocycles. The maximum absolute atomic E-state index is 13.0.